The van der Waals surface area contributed by atoms with E-state index >= 15 is 0 Å². The minimum absolute atomic E-state index is 0.0315. The monoisotopic (exact) mass is 253 g/mol. The SMILES string of the molecule is Cc1c(Cl)ccc2c1N[C@]1(C)C[C@@H](O)O[C@H]2C1. The number of hydrogen-bond acceptors (Lipinski definition) is 3. The van der Waals surface area contributed by atoms with E-state index in [4.69, 9.17) is 16.3 Å². The van der Waals surface area contributed by atoms with E-state index in [0.29, 0.717) is 6.42 Å². The molecule has 1 aromatic rings. The third-order valence-electron chi connectivity index (χ3n) is 3.79. The normalized spacial score (nSPS) is 35.1. The Morgan fingerprint density at radius 2 is 2.24 bits per heavy atom. The lowest BCUT2D eigenvalue weighted by Crippen LogP contribution is -2.48. The smallest absolute Gasteiger partial charge is 0.157 e. The number of aliphatic hydroxyl groups excluding tert-OH is 1. The summed E-state index contributed by atoms with van der Waals surface area (Å²) in [4.78, 5) is 0. The quantitative estimate of drug-likeness (QED) is 0.747. The van der Waals surface area contributed by atoms with Crippen molar-refractivity contribution in [2.24, 2.45) is 0 Å². The molecule has 92 valence electrons. The lowest BCUT2D eigenvalue weighted by atomic mass is 9.80. The number of anilines is 1. The van der Waals surface area contributed by atoms with Crippen LogP contribution in [0.25, 0.3) is 0 Å². The Labute approximate surface area is 106 Å². The highest BCUT2D eigenvalue weighted by atomic mass is 35.5. The zero-order valence-corrected chi connectivity index (χ0v) is 10.7. The van der Waals surface area contributed by atoms with E-state index in [1.165, 1.54) is 0 Å². The standard InChI is InChI=1S/C13H16ClNO2/c1-7-9(14)4-3-8-10-5-13(2,15-12(7)8)6-11(16)17-10/h3-4,10-11,15-16H,5-6H2,1-2H3/t10-,11-,13-/m0/s1. The third kappa shape index (κ3) is 1.73. The van der Waals surface area contributed by atoms with Crippen molar-refractivity contribution in [2.45, 2.75) is 44.6 Å². The molecular weight excluding hydrogens is 238 g/mol. The fraction of sp³-hybridized carbons (Fsp3) is 0.538. The number of aliphatic hydroxyl groups is 1. The Morgan fingerprint density at radius 3 is 3.00 bits per heavy atom. The zero-order valence-electron chi connectivity index (χ0n) is 9.96. The fourth-order valence-corrected chi connectivity index (χ4v) is 3.05. The molecule has 0 amide bonds. The van der Waals surface area contributed by atoms with Crippen LogP contribution in [0, 0.1) is 6.92 Å². The first-order valence-electron chi connectivity index (χ1n) is 5.89. The molecule has 1 saturated heterocycles. The van der Waals surface area contributed by atoms with E-state index in [0.717, 1.165) is 28.3 Å². The topological polar surface area (TPSA) is 41.5 Å². The van der Waals surface area contributed by atoms with Gasteiger partial charge in [0.05, 0.1) is 6.10 Å². The van der Waals surface area contributed by atoms with Crippen LogP contribution < -0.4 is 5.32 Å². The second-order valence-electron chi connectivity index (χ2n) is 5.31. The molecule has 2 aliphatic rings. The molecule has 3 nitrogen and oxygen atoms in total. The van der Waals surface area contributed by atoms with Gasteiger partial charge >= 0.3 is 0 Å². The van der Waals surface area contributed by atoms with Crippen molar-refractivity contribution >= 4 is 17.3 Å². The molecule has 2 heterocycles. The number of benzene rings is 1. The van der Waals surface area contributed by atoms with Crippen molar-refractivity contribution in [3.05, 3.63) is 28.3 Å². The molecule has 2 aliphatic heterocycles. The molecule has 3 atom stereocenters. The van der Waals surface area contributed by atoms with Gasteiger partial charge in [0.25, 0.3) is 0 Å². The van der Waals surface area contributed by atoms with Gasteiger partial charge in [-0.15, -0.1) is 0 Å². The predicted octanol–water partition coefficient (Wildman–Crippen LogP) is 3.00. The Balaban J connectivity index is 2.13. The van der Waals surface area contributed by atoms with Crippen molar-refractivity contribution in [3.8, 4) is 0 Å². The average molecular weight is 254 g/mol. The van der Waals surface area contributed by atoms with E-state index in [1.807, 2.05) is 19.1 Å². The summed E-state index contributed by atoms with van der Waals surface area (Å²) in [5.74, 6) is 0. The van der Waals surface area contributed by atoms with Crippen LogP contribution in [0.2, 0.25) is 5.02 Å². The van der Waals surface area contributed by atoms with Crippen molar-refractivity contribution in [1.82, 2.24) is 0 Å². The number of nitrogens with one attached hydrogen (secondary N) is 1. The van der Waals surface area contributed by atoms with Gasteiger partial charge in [0.15, 0.2) is 6.29 Å². The van der Waals surface area contributed by atoms with Crippen LogP contribution in [0.15, 0.2) is 12.1 Å². The first-order chi connectivity index (χ1) is 7.98. The lowest BCUT2D eigenvalue weighted by molar-refractivity contribution is -0.181. The van der Waals surface area contributed by atoms with Gasteiger partial charge in [0, 0.05) is 34.7 Å². The fourth-order valence-electron chi connectivity index (χ4n) is 2.89. The molecule has 0 aromatic heterocycles. The molecule has 0 saturated carbocycles. The molecule has 1 aromatic carbocycles. The lowest BCUT2D eigenvalue weighted by Gasteiger charge is -2.47. The summed E-state index contributed by atoms with van der Waals surface area (Å²) < 4.78 is 5.62. The van der Waals surface area contributed by atoms with Gasteiger partial charge in [-0.1, -0.05) is 17.7 Å². The Hall–Kier alpha value is -0.770. The minimum atomic E-state index is -0.685. The molecule has 4 heteroatoms. The maximum Gasteiger partial charge on any atom is 0.157 e. The van der Waals surface area contributed by atoms with Gasteiger partial charge in [0.1, 0.15) is 0 Å². The van der Waals surface area contributed by atoms with E-state index in [9.17, 15) is 5.11 Å². The largest absolute Gasteiger partial charge is 0.379 e. The summed E-state index contributed by atoms with van der Waals surface area (Å²) in [6.07, 6.45) is 0.777. The highest BCUT2D eigenvalue weighted by Gasteiger charge is 2.43. The molecule has 3 rings (SSSR count). The van der Waals surface area contributed by atoms with Crippen molar-refractivity contribution in [1.29, 1.82) is 0 Å². The van der Waals surface area contributed by atoms with Crippen LogP contribution in [-0.4, -0.2) is 16.9 Å². The summed E-state index contributed by atoms with van der Waals surface area (Å²) >= 11 is 6.15. The summed E-state index contributed by atoms with van der Waals surface area (Å²) in [5.41, 5.74) is 3.12. The average Bonchev–Trinajstić information content (AvgIpc) is 2.22. The molecule has 0 radical (unpaired) electrons. The van der Waals surface area contributed by atoms with Crippen LogP contribution in [0.5, 0.6) is 0 Å². The number of ether oxygens (including phenoxy) is 1. The minimum Gasteiger partial charge on any atom is -0.379 e. The van der Waals surface area contributed by atoms with Crippen LogP contribution in [0.4, 0.5) is 5.69 Å². The molecule has 1 fully saturated rings. The molecule has 0 aliphatic carbocycles. The van der Waals surface area contributed by atoms with Gasteiger partial charge in [-0.3, -0.25) is 0 Å². The van der Waals surface area contributed by atoms with Crippen molar-refractivity contribution < 1.29 is 9.84 Å². The number of fused-ring (bicyclic) bond motifs is 4. The highest BCUT2D eigenvalue weighted by Crippen LogP contribution is 2.47. The van der Waals surface area contributed by atoms with E-state index in [-0.39, 0.29) is 11.6 Å². The molecule has 2 N–H and O–H groups in total. The van der Waals surface area contributed by atoms with Crippen LogP contribution in [0.1, 0.15) is 37.0 Å². The third-order valence-corrected chi connectivity index (χ3v) is 4.20. The summed E-state index contributed by atoms with van der Waals surface area (Å²) in [7, 11) is 0. The molecule has 0 unspecified atom stereocenters. The first-order valence-corrected chi connectivity index (χ1v) is 6.27. The number of halogens is 1. The summed E-state index contributed by atoms with van der Waals surface area (Å²) in [6, 6.07) is 3.88. The Morgan fingerprint density at radius 1 is 1.47 bits per heavy atom. The van der Waals surface area contributed by atoms with E-state index < -0.39 is 6.29 Å². The Bertz CT molecular complexity index is 477. The number of rotatable bonds is 0. The maximum absolute atomic E-state index is 9.74. The molecule has 0 spiro atoms. The predicted molar refractivity (Wildman–Crippen MR) is 67.3 cm³/mol. The highest BCUT2D eigenvalue weighted by molar-refractivity contribution is 6.31. The van der Waals surface area contributed by atoms with Gasteiger partial charge in [-0.25, -0.2) is 0 Å². The summed E-state index contributed by atoms with van der Waals surface area (Å²) in [5, 5.41) is 14.0. The van der Waals surface area contributed by atoms with Gasteiger partial charge < -0.3 is 15.2 Å². The van der Waals surface area contributed by atoms with Crippen LogP contribution >= 0.6 is 11.6 Å². The maximum atomic E-state index is 9.74. The zero-order chi connectivity index (χ0) is 12.2. The molecular formula is C13H16ClNO2. The van der Waals surface area contributed by atoms with Crippen LogP contribution in [-0.2, 0) is 4.74 Å². The summed E-state index contributed by atoms with van der Waals surface area (Å²) in [6.45, 7) is 4.13. The number of hydrogen-bond donors (Lipinski definition) is 2. The first kappa shape index (κ1) is 11.3. The van der Waals surface area contributed by atoms with Gasteiger partial charge in [0.2, 0.25) is 0 Å². The van der Waals surface area contributed by atoms with E-state index in [2.05, 4.69) is 12.2 Å². The van der Waals surface area contributed by atoms with Crippen LogP contribution in [0.3, 0.4) is 0 Å². The van der Waals surface area contributed by atoms with Crippen molar-refractivity contribution in [3.63, 3.8) is 0 Å². The van der Waals surface area contributed by atoms with Gasteiger partial charge in [-0.05, 0) is 25.5 Å². The Kier molecular flexibility index (Phi) is 2.41. The van der Waals surface area contributed by atoms with Gasteiger partial charge in [-0.2, -0.15) is 0 Å². The second kappa shape index (κ2) is 3.61. The molecule has 17 heavy (non-hydrogen) atoms. The van der Waals surface area contributed by atoms with E-state index in [1.54, 1.807) is 0 Å². The second-order valence-corrected chi connectivity index (χ2v) is 5.72. The van der Waals surface area contributed by atoms with Crippen molar-refractivity contribution in [2.75, 3.05) is 5.32 Å². The molecule has 2 bridgehead atoms.